The second kappa shape index (κ2) is 5.68. The van der Waals surface area contributed by atoms with Crippen molar-refractivity contribution in [3.8, 4) is 0 Å². The van der Waals surface area contributed by atoms with Crippen molar-refractivity contribution in [2.24, 2.45) is 5.92 Å². The van der Waals surface area contributed by atoms with Crippen LogP contribution in [0.4, 0.5) is 5.69 Å². The maximum Gasteiger partial charge on any atom is 0.358 e. The van der Waals surface area contributed by atoms with Gasteiger partial charge in [-0.1, -0.05) is 38.0 Å². The number of nitrogens with one attached hydrogen (secondary N) is 1. The maximum atomic E-state index is 11.4. The molecule has 1 saturated carbocycles. The molecule has 2 unspecified atom stereocenters. The Hall–Kier alpha value is -2.17. The Bertz CT molecular complexity index is 672. The zero-order valence-corrected chi connectivity index (χ0v) is 12.0. The van der Waals surface area contributed by atoms with E-state index in [9.17, 15) is 9.90 Å². The highest BCUT2D eigenvalue weighted by molar-refractivity contribution is 6.02. The molecule has 1 aliphatic carbocycles. The molecule has 1 aromatic carbocycles. The Balaban J connectivity index is 2.05. The molecular formula is C16H19N3O2. The lowest BCUT2D eigenvalue weighted by Crippen LogP contribution is -2.31. The molecular weight excluding hydrogens is 266 g/mol. The topological polar surface area (TPSA) is 75.1 Å². The summed E-state index contributed by atoms with van der Waals surface area (Å²) in [7, 11) is 0. The van der Waals surface area contributed by atoms with Crippen LogP contribution in [-0.2, 0) is 0 Å². The SMILES string of the molecule is CC1CCCCC1Nc1c(C(=O)O)nnc2ccccc12. The molecule has 3 rings (SSSR count). The summed E-state index contributed by atoms with van der Waals surface area (Å²) >= 11 is 0. The Labute approximate surface area is 123 Å². The van der Waals surface area contributed by atoms with E-state index in [1.807, 2.05) is 24.3 Å². The molecule has 2 N–H and O–H groups in total. The second-order valence-electron chi connectivity index (χ2n) is 5.76. The minimum absolute atomic E-state index is 0.00599. The second-order valence-corrected chi connectivity index (χ2v) is 5.76. The number of benzene rings is 1. The zero-order chi connectivity index (χ0) is 14.8. The monoisotopic (exact) mass is 285 g/mol. The minimum atomic E-state index is -1.04. The molecule has 1 fully saturated rings. The fourth-order valence-electron chi connectivity index (χ4n) is 3.07. The van der Waals surface area contributed by atoms with Crippen molar-refractivity contribution in [2.75, 3.05) is 5.32 Å². The van der Waals surface area contributed by atoms with Crippen LogP contribution in [0.1, 0.15) is 43.1 Å². The zero-order valence-electron chi connectivity index (χ0n) is 12.0. The summed E-state index contributed by atoms with van der Waals surface area (Å²) in [5, 5.41) is 21.5. The van der Waals surface area contributed by atoms with Crippen molar-refractivity contribution in [2.45, 2.75) is 38.6 Å². The fourth-order valence-corrected chi connectivity index (χ4v) is 3.07. The number of carbonyl (C=O) groups is 1. The first-order valence-electron chi connectivity index (χ1n) is 7.42. The lowest BCUT2D eigenvalue weighted by molar-refractivity contribution is 0.0690. The number of anilines is 1. The van der Waals surface area contributed by atoms with Gasteiger partial charge in [0.1, 0.15) is 0 Å². The molecule has 0 radical (unpaired) electrons. The molecule has 2 atom stereocenters. The van der Waals surface area contributed by atoms with E-state index in [2.05, 4.69) is 22.4 Å². The molecule has 1 aromatic heterocycles. The molecule has 110 valence electrons. The number of rotatable bonds is 3. The number of aromatic carboxylic acids is 1. The lowest BCUT2D eigenvalue weighted by Gasteiger charge is -2.31. The molecule has 21 heavy (non-hydrogen) atoms. The molecule has 0 saturated heterocycles. The van der Waals surface area contributed by atoms with Gasteiger partial charge in [-0.15, -0.1) is 10.2 Å². The van der Waals surface area contributed by atoms with Crippen LogP contribution in [0.15, 0.2) is 24.3 Å². The maximum absolute atomic E-state index is 11.4. The van der Waals surface area contributed by atoms with Crippen LogP contribution in [0, 0.1) is 5.92 Å². The third kappa shape index (κ3) is 2.68. The highest BCUT2D eigenvalue weighted by atomic mass is 16.4. The van der Waals surface area contributed by atoms with Crippen LogP contribution in [0.3, 0.4) is 0 Å². The van der Waals surface area contributed by atoms with Crippen LogP contribution in [0.5, 0.6) is 0 Å². The van der Waals surface area contributed by atoms with Gasteiger partial charge in [-0.25, -0.2) is 4.79 Å². The van der Waals surface area contributed by atoms with Crippen LogP contribution in [-0.4, -0.2) is 27.3 Å². The third-order valence-corrected chi connectivity index (χ3v) is 4.31. The molecule has 0 aliphatic heterocycles. The minimum Gasteiger partial charge on any atom is -0.476 e. The van der Waals surface area contributed by atoms with Gasteiger partial charge in [0.15, 0.2) is 5.69 Å². The van der Waals surface area contributed by atoms with Gasteiger partial charge >= 0.3 is 5.97 Å². The van der Waals surface area contributed by atoms with Crippen LogP contribution < -0.4 is 5.32 Å². The van der Waals surface area contributed by atoms with Crippen LogP contribution in [0.2, 0.25) is 0 Å². The molecule has 5 heteroatoms. The van der Waals surface area contributed by atoms with E-state index in [4.69, 9.17) is 0 Å². The Morgan fingerprint density at radius 2 is 2.00 bits per heavy atom. The largest absolute Gasteiger partial charge is 0.476 e. The third-order valence-electron chi connectivity index (χ3n) is 4.31. The average Bonchev–Trinajstić information content (AvgIpc) is 2.49. The first-order chi connectivity index (χ1) is 10.2. The molecule has 0 bridgehead atoms. The van der Waals surface area contributed by atoms with Crippen LogP contribution in [0.25, 0.3) is 10.9 Å². The summed E-state index contributed by atoms with van der Waals surface area (Å²) < 4.78 is 0. The highest BCUT2D eigenvalue weighted by Gasteiger charge is 2.24. The standard InChI is InChI=1S/C16H19N3O2/c1-10-6-2-4-8-12(10)17-14-11-7-3-5-9-13(11)18-19-15(14)16(20)21/h3,5,7,9-10,12H,2,4,6,8H2,1H3,(H,17,18)(H,20,21). The number of aromatic nitrogens is 2. The van der Waals surface area contributed by atoms with Crippen molar-refractivity contribution < 1.29 is 9.90 Å². The van der Waals surface area contributed by atoms with E-state index in [1.165, 1.54) is 19.3 Å². The van der Waals surface area contributed by atoms with Gasteiger partial charge in [0.25, 0.3) is 0 Å². The first kappa shape index (κ1) is 13.8. The molecule has 2 aromatic rings. The number of nitrogens with zero attached hydrogens (tertiary/aromatic N) is 2. The van der Waals surface area contributed by atoms with Crippen molar-refractivity contribution in [3.05, 3.63) is 30.0 Å². The van der Waals surface area contributed by atoms with E-state index >= 15 is 0 Å². The quantitative estimate of drug-likeness (QED) is 0.904. The Morgan fingerprint density at radius 1 is 1.24 bits per heavy atom. The van der Waals surface area contributed by atoms with E-state index in [1.54, 1.807) is 0 Å². The summed E-state index contributed by atoms with van der Waals surface area (Å²) in [5.74, 6) is -0.508. The van der Waals surface area contributed by atoms with E-state index in [0.29, 0.717) is 23.2 Å². The smallest absolute Gasteiger partial charge is 0.358 e. The normalized spacial score (nSPS) is 22.1. The summed E-state index contributed by atoms with van der Waals surface area (Å²) in [6.45, 7) is 2.22. The fraction of sp³-hybridized carbons (Fsp3) is 0.438. The van der Waals surface area contributed by atoms with Crippen molar-refractivity contribution >= 4 is 22.6 Å². The van der Waals surface area contributed by atoms with Gasteiger partial charge < -0.3 is 10.4 Å². The highest BCUT2D eigenvalue weighted by Crippen LogP contribution is 2.31. The van der Waals surface area contributed by atoms with Crippen molar-refractivity contribution in [3.63, 3.8) is 0 Å². The molecule has 0 spiro atoms. The molecule has 0 amide bonds. The van der Waals surface area contributed by atoms with Gasteiger partial charge in [0, 0.05) is 11.4 Å². The lowest BCUT2D eigenvalue weighted by atomic mass is 9.85. The van der Waals surface area contributed by atoms with Crippen molar-refractivity contribution in [1.29, 1.82) is 0 Å². The predicted molar refractivity (Wildman–Crippen MR) is 81.5 cm³/mol. The van der Waals surface area contributed by atoms with E-state index < -0.39 is 5.97 Å². The van der Waals surface area contributed by atoms with Gasteiger partial charge in [-0.3, -0.25) is 0 Å². The summed E-state index contributed by atoms with van der Waals surface area (Å²) in [5.41, 5.74) is 1.33. The first-order valence-corrected chi connectivity index (χ1v) is 7.42. The van der Waals surface area contributed by atoms with Crippen molar-refractivity contribution in [1.82, 2.24) is 10.2 Å². The van der Waals surface area contributed by atoms with E-state index in [0.717, 1.165) is 11.8 Å². The Kier molecular flexibility index (Phi) is 3.73. The Morgan fingerprint density at radius 3 is 2.76 bits per heavy atom. The molecule has 5 nitrogen and oxygen atoms in total. The average molecular weight is 285 g/mol. The number of hydrogen-bond acceptors (Lipinski definition) is 4. The number of hydrogen-bond donors (Lipinski definition) is 2. The van der Waals surface area contributed by atoms with Crippen LogP contribution >= 0.6 is 0 Å². The van der Waals surface area contributed by atoms with Gasteiger partial charge in [-0.05, 0) is 24.8 Å². The summed E-state index contributed by atoms with van der Waals surface area (Å²) in [6, 6.07) is 7.81. The number of fused-ring (bicyclic) bond motifs is 1. The molecule has 1 heterocycles. The summed E-state index contributed by atoms with van der Waals surface area (Å²) in [6.07, 6.45) is 4.68. The van der Waals surface area contributed by atoms with Gasteiger partial charge in [0.2, 0.25) is 0 Å². The number of carboxylic acid groups (broad SMARTS) is 1. The van der Waals surface area contributed by atoms with E-state index in [-0.39, 0.29) is 5.69 Å². The van der Waals surface area contributed by atoms with Gasteiger partial charge in [0.05, 0.1) is 11.2 Å². The number of carboxylic acids is 1. The molecule has 1 aliphatic rings. The van der Waals surface area contributed by atoms with Gasteiger partial charge in [-0.2, -0.15) is 0 Å². The summed E-state index contributed by atoms with van der Waals surface area (Å²) in [4.78, 5) is 11.4. The predicted octanol–water partition coefficient (Wildman–Crippen LogP) is 3.32.